The van der Waals surface area contributed by atoms with Crippen molar-refractivity contribution in [2.75, 3.05) is 20.2 Å². The summed E-state index contributed by atoms with van der Waals surface area (Å²) in [7, 11) is 1.40. The lowest BCUT2D eigenvalue weighted by atomic mass is 10.1. The molecule has 4 heteroatoms. The topological polar surface area (TPSA) is 21.3 Å². The molecule has 0 saturated heterocycles. The average molecular weight is 317 g/mol. The van der Waals surface area contributed by atoms with Crippen molar-refractivity contribution in [1.29, 1.82) is 0 Å². The molecule has 2 aromatic rings. The molecule has 0 amide bonds. The number of halogens is 2. The fourth-order valence-electron chi connectivity index (χ4n) is 2.28. The standard InChI is InChI=1S/C19H21F2NO/c1-23-18-10-9-16(14-17(18)19(20)21)8-5-12-22-13-11-15-6-3-2-4-7-15/h2-10,14,19,22H,11-13H2,1H3. The molecule has 0 aliphatic heterocycles. The zero-order valence-electron chi connectivity index (χ0n) is 13.1. The van der Waals surface area contributed by atoms with Crippen LogP contribution in [0, 0.1) is 0 Å². The molecule has 2 nitrogen and oxygen atoms in total. The lowest BCUT2D eigenvalue weighted by Gasteiger charge is -2.08. The van der Waals surface area contributed by atoms with E-state index in [1.807, 2.05) is 30.4 Å². The van der Waals surface area contributed by atoms with Gasteiger partial charge in [-0.05, 0) is 36.2 Å². The molecule has 0 fully saturated rings. The predicted octanol–water partition coefficient (Wildman–Crippen LogP) is 4.48. The highest BCUT2D eigenvalue weighted by atomic mass is 19.3. The van der Waals surface area contributed by atoms with Crippen molar-refractivity contribution in [2.45, 2.75) is 12.8 Å². The Hall–Kier alpha value is -2.20. The van der Waals surface area contributed by atoms with Crippen LogP contribution in [0.2, 0.25) is 0 Å². The largest absolute Gasteiger partial charge is 0.496 e. The summed E-state index contributed by atoms with van der Waals surface area (Å²) in [5.74, 6) is 0.220. The third-order valence-electron chi connectivity index (χ3n) is 3.49. The summed E-state index contributed by atoms with van der Waals surface area (Å²) in [5, 5.41) is 3.30. The summed E-state index contributed by atoms with van der Waals surface area (Å²) < 4.78 is 30.8. The highest BCUT2D eigenvalue weighted by molar-refractivity contribution is 5.53. The number of rotatable bonds is 8. The van der Waals surface area contributed by atoms with E-state index in [1.165, 1.54) is 18.7 Å². The Morgan fingerprint density at radius 2 is 1.91 bits per heavy atom. The van der Waals surface area contributed by atoms with Crippen LogP contribution in [0.3, 0.4) is 0 Å². The normalized spacial score (nSPS) is 11.3. The average Bonchev–Trinajstić information content (AvgIpc) is 2.58. The molecule has 0 aliphatic carbocycles. The van der Waals surface area contributed by atoms with Crippen LogP contribution in [0.4, 0.5) is 8.78 Å². The molecule has 0 radical (unpaired) electrons. The predicted molar refractivity (Wildman–Crippen MR) is 90.0 cm³/mol. The van der Waals surface area contributed by atoms with Crippen molar-refractivity contribution in [2.24, 2.45) is 0 Å². The van der Waals surface area contributed by atoms with Gasteiger partial charge in [0, 0.05) is 6.54 Å². The van der Waals surface area contributed by atoms with E-state index in [4.69, 9.17) is 4.74 Å². The van der Waals surface area contributed by atoms with E-state index in [0.29, 0.717) is 6.54 Å². The minimum absolute atomic E-state index is 0.0771. The number of hydrogen-bond donors (Lipinski definition) is 1. The maximum Gasteiger partial charge on any atom is 0.267 e. The van der Waals surface area contributed by atoms with Crippen molar-refractivity contribution in [1.82, 2.24) is 5.32 Å². The van der Waals surface area contributed by atoms with Crippen LogP contribution in [-0.2, 0) is 6.42 Å². The first-order valence-corrected chi connectivity index (χ1v) is 7.58. The molecular weight excluding hydrogens is 296 g/mol. The fourth-order valence-corrected chi connectivity index (χ4v) is 2.28. The van der Waals surface area contributed by atoms with Gasteiger partial charge in [0.05, 0.1) is 12.7 Å². The van der Waals surface area contributed by atoms with Crippen LogP contribution in [0.1, 0.15) is 23.1 Å². The fraction of sp³-hybridized carbons (Fsp3) is 0.263. The van der Waals surface area contributed by atoms with E-state index in [0.717, 1.165) is 18.5 Å². The van der Waals surface area contributed by atoms with Crippen LogP contribution < -0.4 is 10.1 Å². The summed E-state index contributed by atoms with van der Waals surface area (Å²) in [6.45, 7) is 1.57. The molecule has 2 rings (SSSR count). The number of hydrogen-bond acceptors (Lipinski definition) is 2. The first-order chi connectivity index (χ1) is 11.2. The lowest BCUT2D eigenvalue weighted by Crippen LogP contribution is -2.16. The number of methoxy groups -OCH3 is 1. The molecule has 0 aliphatic rings. The maximum absolute atomic E-state index is 12.9. The molecule has 0 saturated carbocycles. The van der Waals surface area contributed by atoms with Crippen LogP contribution in [-0.4, -0.2) is 20.2 Å². The van der Waals surface area contributed by atoms with E-state index in [1.54, 1.807) is 12.1 Å². The smallest absolute Gasteiger partial charge is 0.267 e. The van der Waals surface area contributed by atoms with Crippen molar-refractivity contribution in [3.63, 3.8) is 0 Å². The van der Waals surface area contributed by atoms with Crippen LogP contribution in [0.5, 0.6) is 5.75 Å². The first-order valence-electron chi connectivity index (χ1n) is 7.58. The van der Waals surface area contributed by atoms with Gasteiger partial charge < -0.3 is 10.1 Å². The van der Waals surface area contributed by atoms with Crippen molar-refractivity contribution >= 4 is 6.08 Å². The molecule has 0 aromatic heterocycles. The Morgan fingerprint density at radius 1 is 1.13 bits per heavy atom. The van der Waals surface area contributed by atoms with Crippen molar-refractivity contribution in [3.8, 4) is 5.75 Å². The van der Waals surface area contributed by atoms with Gasteiger partial charge in [0.1, 0.15) is 5.75 Å². The number of ether oxygens (including phenoxy) is 1. The summed E-state index contributed by atoms with van der Waals surface area (Å²) in [4.78, 5) is 0. The van der Waals surface area contributed by atoms with E-state index in [-0.39, 0.29) is 11.3 Å². The van der Waals surface area contributed by atoms with Crippen molar-refractivity contribution in [3.05, 3.63) is 71.3 Å². The van der Waals surface area contributed by atoms with Gasteiger partial charge >= 0.3 is 0 Å². The first kappa shape index (κ1) is 17.2. The second-order valence-electron chi connectivity index (χ2n) is 5.14. The Kier molecular flexibility index (Phi) is 6.76. The number of alkyl halides is 2. The second kappa shape index (κ2) is 9.06. The third kappa shape index (κ3) is 5.49. The van der Waals surface area contributed by atoms with E-state index >= 15 is 0 Å². The zero-order valence-corrected chi connectivity index (χ0v) is 13.1. The highest BCUT2D eigenvalue weighted by Crippen LogP contribution is 2.29. The van der Waals surface area contributed by atoms with Gasteiger partial charge in [-0.25, -0.2) is 8.78 Å². The Labute approximate surface area is 135 Å². The Bertz CT molecular complexity index is 627. The van der Waals surface area contributed by atoms with E-state index < -0.39 is 6.43 Å². The van der Waals surface area contributed by atoms with Gasteiger partial charge in [0.15, 0.2) is 0 Å². The quantitative estimate of drug-likeness (QED) is 0.725. The summed E-state index contributed by atoms with van der Waals surface area (Å²) in [6.07, 6.45) is 2.19. The van der Waals surface area contributed by atoms with Gasteiger partial charge in [-0.3, -0.25) is 0 Å². The highest BCUT2D eigenvalue weighted by Gasteiger charge is 2.13. The summed E-state index contributed by atoms with van der Waals surface area (Å²) in [5.41, 5.74) is 1.96. The summed E-state index contributed by atoms with van der Waals surface area (Å²) in [6, 6.07) is 15.1. The van der Waals surface area contributed by atoms with Gasteiger partial charge in [0.2, 0.25) is 0 Å². The van der Waals surface area contributed by atoms with Crippen LogP contribution in [0.25, 0.3) is 6.08 Å². The molecule has 0 spiro atoms. The lowest BCUT2D eigenvalue weighted by molar-refractivity contribution is 0.147. The van der Waals surface area contributed by atoms with E-state index in [9.17, 15) is 8.78 Å². The summed E-state index contributed by atoms with van der Waals surface area (Å²) >= 11 is 0. The Balaban J connectivity index is 1.80. The zero-order chi connectivity index (χ0) is 16.5. The molecule has 122 valence electrons. The van der Waals surface area contributed by atoms with Crippen LogP contribution in [0.15, 0.2) is 54.6 Å². The van der Waals surface area contributed by atoms with Gasteiger partial charge in [-0.1, -0.05) is 48.6 Å². The number of nitrogens with one attached hydrogen (secondary N) is 1. The Morgan fingerprint density at radius 3 is 2.61 bits per heavy atom. The van der Waals surface area contributed by atoms with Gasteiger partial charge in [-0.2, -0.15) is 0 Å². The minimum atomic E-state index is -2.54. The minimum Gasteiger partial charge on any atom is -0.496 e. The van der Waals surface area contributed by atoms with E-state index in [2.05, 4.69) is 17.4 Å². The van der Waals surface area contributed by atoms with Crippen LogP contribution >= 0.6 is 0 Å². The number of benzene rings is 2. The second-order valence-corrected chi connectivity index (χ2v) is 5.14. The third-order valence-corrected chi connectivity index (χ3v) is 3.49. The molecule has 1 N–H and O–H groups in total. The molecule has 23 heavy (non-hydrogen) atoms. The molecule has 0 bridgehead atoms. The van der Waals surface area contributed by atoms with Gasteiger partial charge in [0.25, 0.3) is 6.43 Å². The van der Waals surface area contributed by atoms with Crippen molar-refractivity contribution < 1.29 is 13.5 Å². The molecule has 0 atom stereocenters. The maximum atomic E-state index is 12.9. The molecule has 2 aromatic carbocycles. The van der Waals surface area contributed by atoms with Gasteiger partial charge in [-0.15, -0.1) is 0 Å². The monoisotopic (exact) mass is 317 g/mol. The molecule has 0 heterocycles. The molecular formula is C19H21F2NO. The molecule has 0 unspecified atom stereocenters. The SMILES string of the molecule is COc1ccc(C=CCNCCc2ccccc2)cc1C(F)F.